The van der Waals surface area contributed by atoms with Gasteiger partial charge in [0.2, 0.25) is 0 Å². The van der Waals surface area contributed by atoms with Gasteiger partial charge in [-0.2, -0.15) is 0 Å². The van der Waals surface area contributed by atoms with Crippen LogP contribution in [-0.2, 0) is 10.2 Å². The predicted molar refractivity (Wildman–Crippen MR) is 85.8 cm³/mol. The van der Waals surface area contributed by atoms with Gasteiger partial charge in [0.25, 0.3) is 0 Å². The van der Waals surface area contributed by atoms with Crippen molar-refractivity contribution in [1.82, 2.24) is 0 Å². The van der Waals surface area contributed by atoms with E-state index in [1.807, 2.05) is 20.8 Å². The molecule has 1 amide bonds. The van der Waals surface area contributed by atoms with E-state index in [0.717, 1.165) is 9.26 Å². The van der Waals surface area contributed by atoms with E-state index >= 15 is 0 Å². The minimum Gasteiger partial charge on any atom is -0.443 e. The Hall–Kier alpha value is -0.780. The van der Waals surface area contributed by atoms with Gasteiger partial charge in [-0.25, -0.2) is 4.79 Å². The van der Waals surface area contributed by atoms with Crippen LogP contribution in [0.2, 0.25) is 0 Å². The number of ether oxygens (including phenoxy) is 1. The maximum atomic E-state index is 12.3. The lowest BCUT2D eigenvalue weighted by Gasteiger charge is -2.26. The quantitative estimate of drug-likeness (QED) is 0.634. The van der Waals surface area contributed by atoms with E-state index in [0.29, 0.717) is 6.54 Å². The second-order valence-corrected chi connectivity index (χ2v) is 7.86. The molecule has 19 heavy (non-hydrogen) atoms. The van der Waals surface area contributed by atoms with Crippen molar-refractivity contribution in [2.24, 2.45) is 0 Å². The zero-order chi connectivity index (χ0) is 14.4. The van der Waals surface area contributed by atoms with Gasteiger partial charge < -0.3 is 4.74 Å². The average Bonchev–Trinajstić information content (AvgIpc) is 2.48. The monoisotopic (exact) mass is 373 g/mol. The molecule has 0 bridgehead atoms. The summed E-state index contributed by atoms with van der Waals surface area (Å²) in [6, 6.07) is 6.25. The fourth-order valence-corrected chi connectivity index (χ4v) is 2.82. The summed E-state index contributed by atoms with van der Waals surface area (Å²) in [6.45, 7) is 10.6. The molecule has 1 heterocycles. The summed E-state index contributed by atoms with van der Waals surface area (Å²) in [7, 11) is 0. The van der Waals surface area contributed by atoms with Crippen LogP contribution in [0.25, 0.3) is 0 Å². The number of halogens is 1. The molecule has 1 aromatic carbocycles. The SMILES string of the molecule is CC(C)(C)OC(=O)N1CC(C)(C)c2ccc(I)cc21. The van der Waals surface area contributed by atoms with Crippen LogP contribution in [0.5, 0.6) is 0 Å². The van der Waals surface area contributed by atoms with Crippen molar-refractivity contribution in [2.75, 3.05) is 11.4 Å². The molecule has 1 aromatic rings. The Labute approximate surface area is 128 Å². The Kier molecular flexibility index (Phi) is 3.58. The third-order valence-corrected chi connectivity index (χ3v) is 3.82. The first-order chi connectivity index (χ1) is 8.60. The Morgan fingerprint density at radius 2 is 2.00 bits per heavy atom. The van der Waals surface area contributed by atoms with Crippen LogP contribution >= 0.6 is 22.6 Å². The summed E-state index contributed by atoms with van der Waals surface area (Å²) < 4.78 is 6.62. The summed E-state index contributed by atoms with van der Waals surface area (Å²) in [6.07, 6.45) is -0.263. The molecular formula is C15H20INO2. The van der Waals surface area contributed by atoms with Crippen molar-refractivity contribution in [1.29, 1.82) is 0 Å². The first kappa shape index (κ1) is 14.6. The molecule has 0 radical (unpaired) electrons. The van der Waals surface area contributed by atoms with Crippen LogP contribution < -0.4 is 4.90 Å². The summed E-state index contributed by atoms with van der Waals surface area (Å²) in [4.78, 5) is 14.1. The molecule has 0 aromatic heterocycles. The first-order valence-corrected chi connectivity index (χ1v) is 7.49. The number of carbonyl (C=O) groups excluding carboxylic acids is 1. The molecule has 0 saturated carbocycles. The first-order valence-electron chi connectivity index (χ1n) is 6.41. The number of hydrogen-bond acceptors (Lipinski definition) is 2. The van der Waals surface area contributed by atoms with Gasteiger partial charge >= 0.3 is 6.09 Å². The molecule has 4 heteroatoms. The number of hydrogen-bond donors (Lipinski definition) is 0. The average molecular weight is 373 g/mol. The third kappa shape index (κ3) is 3.04. The molecule has 104 valence electrons. The van der Waals surface area contributed by atoms with E-state index in [1.54, 1.807) is 4.90 Å². The number of anilines is 1. The summed E-state index contributed by atoms with van der Waals surface area (Å²) >= 11 is 2.27. The number of carbonyl (C=O) groups is 1. The van der Waals surface area contributed by atoms with Crippen molar-refractivity contribution < 1.29 is 9.53 Å². The molecule has 1 aliphatic rings. The van der Waals surface area contributed by atoms with Gasteiger partial charge in [0.05, 0.1) is 5.69 Å². The van der Waals surface area contributed by atoms with Gasteiger partial charge in [-0.1, -0.05) is 19.9 Å². The number of fused-ring (bicyclic) bond motifs is 1. The van der Waals surface area contributed by atoms with Crippen LogP contribution in [0.15, 0.2) is 18.2 Å². The van der Waals surface area contributed by atoms with Crippen LogP contribution in [0.1, 0.15) is 40.2 Å². The summed E-state index contributed by atoms with van der Waals surface area (Å²) in [5, 5.41) is 0. The molecule has 0 spiro atoms. The number of nitrogens with zero attached hydrogens (tertiary/aromatic N) is 1. The highest BCUT2D eigenvalue weighted by Gasteiger charge is 2.39. The normalized spacial score (nSPS) is 17.3. The summed E-state index contributed by atoms with van der Waals surface area (Å²) in [5.74, 6) is 0. The van der Waals surface area contributed by atoms with Gasteiger partial charge in [-0.3, -0.25) is 4.90 Å². The molecule has 0 saturated heterocycles. The van der Waals surface area contributed by atoms with Crippen LogP contribution in [0, 0.1) is 3.57 Å². The topological polar surface area (TPSA) is 29.5 Å². The highest BCUT2D eigenvalue weighted by molar-refractivity contribution is 14.1. The Morgan fingerprint density at radius 3 is 2.58 bits per heavy atom. The smallest absolute Gasteiger partial charge is 0.414 e. The predicted octanol–water partition coefficient (Wildman–Crippen LogP) is 4.32. The van der Waals surface area contributed by atoms with Crippen LogP contribution in [-0.4, -0.2) is 18.2 Å². The number of amides is 1. The minimum atomic E-state index is -0.466. The molecule has 2 rings (SSSR count). The van der Waals surface area contributed by atoms with Crippen molar-refractivity contribution in [3.05, 3.63) is 27.3 Å². The van der Waals surface area contributed by atoms with Gasteiger partial charge in [-0.05, 0) is 61.1 Å². The molecule has 0 N–H and O–H groups in total. The molecule has 1 aliphatic heterocycles. The van der Waals surface area contributed by atoms with Gasteiger partial charge in [-0.15, -0.1) is 0 Å². The zero-order valence-corrected chi connectivity index (χ0v) is 14.2. The van der Waals surface area contributed by atoms with E-state index in [-0.39, 0.29) is 11.5 Å². The maximum Gasteiger partial charge on any atom is 0.414 e. The Bertz CT molecular complexity index is 517. The molecule has 0 atom stereocenters. The Balaban J connectivity index is 2.36. The lowest BCUT2D eigenvalue weighted by molar-refractivity contribution is 0.0579. The van der Waals surface area contributed by atoms with E-state index in [2.05, 4.69) is 54.6 Å². The standard InChI is InChI=1S/C15H20INO2/c1-14(2,3)19-13(18)17-9-15(4,5)11-7-6-10(16)8-12(11)17/h6-8H,9H2,1-5H3. The van der Waals surface area contributed by atoms with Gasteiger partial charge in [0.15, 0.2) is 0 Å². The second-order valence-electron chi connectivity index (χ2n) is 6.61. The van der Waals surface area contributed by atoms with E-state index < -0.39 is 5.60 Å². The second kappa shape index (κ2) is 4.65. The van der Waals surface area contributed by atoms with Gasteiger partial charge in [0.1, 0.15) is 5.60 Å². The van der Waals surface area contributed by atoms with Crippen molar-refractivity contribution >= 4 is 34.4 Å². The minimum absolute atomic E-state index is 0.0312. The van der Waals surface area contributed by atoms with E-state index in [4.69, 9.17) is 4.74 Å². The maximum absolute atomic E-state index is 12.3. The lowest BCUT2D eigenvalue weighted by Crippen LogP contribution is -2.38. The van der Waals surface area contributed by atoms with Crippen molar-refractivity contribution in [2.45, 2.75) is 45.6 Å². The van der Waals surface area contributed by atoms with Crippen molar-refractivity contribution in [3.63, 3.8) is 0 Å². The fourth-order valence-electron chi connectivity index (χ4n) is 2.35. The third-order valence-electron chi connectivity index (χ3n) is 3.15. The molecule has 0 aliphatic carbocycles. The largest absolute Gasteiger partial charge is 0.443 e. The van der Waals surface area contributed by atoms with Crippen LogP contribution in [0.4, 0.5) is 10.5 Å². The molecular weight excluding hydrogens is 353 g/mol. The molecule has 0 fully saturated rings. The van der Waals surface area contributed by atoms with Crippen LogP contribution in [0.3, 0.4) is 0 Å². The molecule has 3 nitrogen and oxygen atoms in total. The van der Waals surface area contributed by atoms with E-state index in [1.165, 1.54) is 5.56 Å². The zero-order valence-electron chi connectivity index (χ0n) is 12.1. The fraction of sp³-hybridized carbons (Fsp3) is 0.533. The summed E-state index contributed by atoms with van der Waals surface area (Å²) in [5.41, 5.74) is 1.69. The lowest BCUT2D eigenvalue weighted by atomic mass is 9.87. The number of rotatable bonds is 0. The van der Waals surface area contributed by atoms with E-state index in [9.17, 15) is 4.79 Å². The number of benzene rings is 1. The molecule has 0 unspecified atom stereocenters. The highest BCUT2D eigenvalue weighted by atomic mass is 127. The van der Waals surface area contributed by atoms with Gasteiger partial charge in [0, 0.05) is 15.5 Å². The highest BCUT2D eigenvalue weighted by Crippen LogP contribution is 2.41. The Morgan fingerprint density at radius 1 is 1.37 bits per heavy atom. The van der Waals surface area contributed by atoms with Crippen molar-refractivity contribution in [3.8, 4) is 0 Å².